The molecule has 30 heavy (non-hydrogen) atoms. The number of hydrogen-bond acceptors (Lipinski definition) is 4. The lowest BCUT2D eigenvalue weighted by Gasteiger charge is -2.10. The summed E-state index contributed by atoms with van der Waals surface area (Å²) in [5, 5.41) is 12.8. The van der Waals surface area contributed by atoms with Crippen molar-refractivity contribution in [1.29, 1.82) is 0 Å². The summed E-state index contributed by atoms with van der Waals surface area (Å²) in [6.07, 6.45) is 3.86. The molecule has 0 spiro atoms. The first-order chi connectivity index (χ1) is 14.7. The van der Waals surface area contributed by atoms with Crippen molar-refractivity contribution in [2.24, 2.45) is 5.10 Å². The number of hydrazone groups is 1. The third-order valence-electron chi connectivity index (χ3n) is 4.88. The van der Waals surface area contributed by atoms with E-state index in [2.05, 4.69) is 5.10 Å². The summed E-state index contributed by atoms with van der Waals surface area (Å²) in [5.74, 6) is -0.136. The number of carbonyl (C=O) groups excluding carboxylic acids is 1. The third-order valence-corrected chi connectivity index (χ3v) is 5.76. The second-order valence-corrected chi connectivity index (χ2v) is 7.83. The molecule has 6 heteroatoms. The van der Waals surface area contributed by atoms with Gasteiger partial charge in [0.05, 0.1) is 27.5 Å². The number of para-hydroxylation sites is 2. The number of hydrogen-bond donors (Lipinski definition) is 0. The fourth-order valence-electron chi connectivity index (χ4n) is 3.39. The molecule has 0 unspecified atom stereocenters. The number of thiophene rings is 1. The van der Waals surface area contributed by atoms with Gasteiger partial charge in [-0.15, -0.1) is 11.3 Å². The molecule has 0 atom stereocenters. The molecule has 2 aromatic carbocycles. The number of anilines is 1. The molecule has 146 valence electrons. The van der Waals surface area contributed by atoms with Gasteiger partial charge in [-0.2, -0.15) is 15.2 Å². The van der Waals surface area contributed by atoms with Crippen LogP contribution in [0, 0.1) is 0 Å². The Labute approximate surface area is 178 Å². The largest absolute Gasteiger partial charge is 0.280 e. The normalized spacial score (nSPS) is 15.1. The van der Waals surface area contributed by atoms with Gasteiger partial charge in [-0.1, -0.05) is 42.5 Å². The van der Waals surface area contributed by atoms with E-state index in [4.69, 9.17) is 5.10 Å². The van der Waals surface area contributed by atoms with Crippen molar-refractivity contribution in [2.45, 2.75) is 6.92 Å². The molecule has 4 aromatic rings. The molecule has 2 aromatic heterocycles. The van der Waals surface area contributed by atoms with Gasteiger partial charge in [0.2, 0.25) is 0 Å². The zero-order valence-electron chi connectivity index (χ0n) is 16.3. The molecule has 5 rings (SSSR count). The van der Waals surface area contributed by atoms with Crippen molar-refractivity contribution in [2.75, 3.05) is 5.01 Å². The fraction of sp³-hybridized carbons (Fsp3) is 0.0417. The Kier molecular flexibility index (Phi) is 4.61. The average molecular weight is 411 g/mol. The number of aromatic nitrogens is 2. The summed E-state index contributed by atoms with van der Waals surface area (Å²) >= 11 is 1.62. The van der Waals surface area contributed by atoms with E-state index in [-0.39, 0.29) is 5.91 Å². The Balaban J connectivity index is 1.59. The van der Waals surface area contributed by atoms with Crippen LogP contribution in [0.5, 0.6) is 0 Å². The zero-order valence-corrected chi connectivity index (χ0v) is 17.1. The Bertz CT molecular complexity index is 1260. The Morgan fingerprint density at radius 3 is 2.27 bits per heavy atom. The number of nitrogens with zero attached hydrogens (tertiary/aromatic N) is 4. The minimum absolute atomic E-state index is 0.136. The van der Waals surface area contributed by atoms with Gasteiger partial charge in [0.15, 0.2) is 0 Å². The Morgan fingerprint density at radius 2 is 1.60 bits per heavy atom. The molecule has 1 aliphatic rings. The minimum atomic E-state index is -0.136. The quantitative estimate of drug-likeness (QED) is 0.423. The summed E-state index contributed by atoms with van der Waals surface area (Å²) < 4.78 is 1.85. The predicted molar refractivity (Wildman–Crippen MR) is 122 cm³/mol. The Hall–Kier alpha value is -3.77. The molecule has 0 bridgehead atoms. The van der Waals surface area contributed by atoms with E-state index >= 15 is 0 Å². The highest BCUT2D eigenvalue weighted by Crippen LogP contribution is 2.31. The van der Waals surface area contributed by atoms with Crippen molar-refractivity contribution in [3.63, 3.8) is 0 Å². The maximum Gasteiger partial charge on any atom is 0.280 e. The van der Waals surface area contributed by atoms with Gasteiger partial charge < -0.3 is 0 Å². The van der Waals surface area contributed by atoms with E-state index in [0.29, 0.717) is 11.3 Å². The van der Waals surface area contributed by atoms with E-state index < -0.39 is 0 Å². The van der Waals surface area contributed by atoms with Crippen molar-refractivity contribution in [3.05, 3.63) is 95.5 Å². The molecule has 5 nitrogen and oxygen atoms in total. The first-order valence-electron chi connectivity index (χ1n) is 9.56. The lowest BCUT2D eigenvalue weighted by Crippen LogP contribution is -2.21. The number of carbonyl (C=O) groups is 1. The average Bonchev–Trinajstić information content (AvgIpc) is 3.51. The van der Waals surface area contributed by atoms with Crippen LogP contribution in [-0.4, -0.2) is 21.4 Å². The van der Waals surface area contributed by atoms with Crippen LogP contribution < -0.4 is 5.01 Å². The standard InChI is InChI=1S/C24H18N4OS/c1-17-21(24(29)28(25-17)20-11-6-3-7-12-20)15-18-16-27(19-9-4-2-5-10-19)26-23(18)22-13-8-14-30-22/h2-16H,1H3/b21-15-. The lowest BCUT2D eigenvalue weighted by atomic mass is 10.1. The highest BCUT2D eigenvalue weighted by Gasteiger charge is 2.29. The third kappa shape index (κ3) is 3.27. The van der Waals surface area contributed by atoms with Crippen LogP contribution in [0.15, 0.2) is 95.0 Å². The first kappa shape index (κ1) is 18.3. The van der Waals surface area contributed by atoms with E-state index in [1.54, 1.807) is 11.3 Å². The van der Waals surface area contributed by atoms with Crippen LogP contribution in [0.25, 0.3) is 22.3 Å². The summed E-state index contributed by atoms with van der Waals surface area (Å²) in [6, 6.07) is 23.5. The van der Waals surface area contributed by atoms with E-state index in [0.717, 1.165) is 27.5 Å². The summed E-state index contributed by atoms with van der Waals surface area (Å²) in [5.41, 5.74) is 4.71. The van der Waals surface area contributed by atoms with Crippen LogP contribution in [0.3, 0.4) is 0 Å². The number of rotatable bonds is 4. The van der Waals surface area contributed by atoms with E-state index in [9.17, 15) is 4.79 Å². The Morgan fingerprint density at radius 1 is 0.900 bits per heavy atom. The van der Waals surface area contributed by atoms with Gasteiger partial charge in [0.1, 0.15) is 5.69 Å². The van der Waals surface area contributed by atoms with E-state index in [1.807, 2.05) is 102 Å². The molecule has 0 saturated carbocycles. The smallest absolute Gasteiger partial charge is 0.267 e. The predicted octanol–water partition coefficient (Wildman–Crippen LogP) is 5.41. The number of amides is 1. The molecular weight excluding hydrogens is 392 g/mol. The van der Waals surface area contributed by atoms with Gasteiger partial charge in [0.25, 0.3) is 5.91 Å². The molecule has 1 aliphatic heterocycles. The van der Waals surface area contributed by atoms with Crippen molar-refractivity contribution in [1.82, 2.24) is 9.78 Å². The van der Waals surface area contributed by atoms with Gasteiger partial charge in [-0.05, 0) is 48.7 Å². The molecular formula is C24H18N4OS. The van der Waals surface area contributed by atoms with Crippen molar-refractivity contribution >= 4 is 34.7 Å². The van der Waals surface area contributed by atoms with Crippen molar-refractivity contribution in [3.8, 4) is 16.3 Å². The summed E-state index contributed by atoms with van der Waals surface area (Å²) in [7, 11) is 0. The van der Waals surface area contributed by atoms with Crippen LogP contribution in [0.4, 0.5) is 5.69 Å². The summed E-state index contributed by atoms with van der Waals surface area (Å²) in [4.78, 5) is 14.2. The molecule has 0 aliphatic carbocycles. The van der Waals surface area contributed by atoms with Crippen LogP contribution in [0.2, 0.25) is 0 Å². The van der Waals surface area contributed by atoms with Gasteiger partial charge in [0, 0.05) is 11.8 Å². The maximum absolute atomic E-state index is 13.1. The van der Waals surface area contributed by atoms with Crippen LogP contribution in [0.1, 0.15) is 12.5 Å². The maximum atomic E-state index is 13.1. The second kappa shape index (κ2) is 7.57. The van der Waals surface area contributed by atoms with Gasteiger partial charge in [-0.25, -0.2) is 4.68 Å². The molecule has 0 radical (unpaired) electrons. The first-order valence-corrected chi connectivity index (χ1v) is 10.4. The summed E-state index contributed by atoms with van der Waals surface area (Å²) in [6.45, 7) is 1.86. The number of benzene rings is 2. The zero-order chi connectivity index (χ0) is 20.5. The molecule has 0 N–H and O–H groups in total. The fourth-order valence-corrected chi connectivity index (χ4v) is 4.13. The SMILES string of the molecule is CC1=NN(c2ccccc2)C(=O)/C1=C\c1cn(-c2ccccc2)nc1-c1cccs1. The van der Waals surface area contributed by atoms with Gasteiger partial charge in [-0.3, -0.25) is 4.79 Å². The second-order valence-electron chi connectivity index (χ2n) is 6.89. The van der Waals surface area contributed by atoms with E-state index in [1.165, 1.54) is 5.01 Å². The molecule has 1 amide bonds. The highest BCUT2D eigenvalue weighted by molar-refractivity contribution is 7.13. The van der Waals surface area contributed by atoms with Crippen LogP contribution >= 0.6 is 11.3 Å². The van der Waals surface area contributed by atoms with Crippen molar-refractivity contribution < 1.29 is 4.79 Å². The minimum Gasteiger partial charge on any atom is -0.267 e. The highest BCUT2D eigenvalue weighted by atomic mass is 32.1. The molecule has 0 fully saturated rings. The monoisotopic (exact) mass is 410 g/mol. The topological polar surface area (TPSA) is 50.5 Å². The van der Waals surface area contributed by atoms with Crippen LogP contribution in [-0.2, 0) is 4.79 Å². The molecule has 0 saturated heterocycles. The molecule has 3 heterocycles. The van der Waals surface area contributed by atoms with Gasteiger partial charge >= 0.3 is 0 Å². The lowest BCUT2D eigenvalue weighted by molar-refractivity contribution is -0.114.